The van der Waals surface area contributed by atoms with Crippen LogP contribution in [0.25, 0.3) is 0 Å². The Kier molecular flexibility index (Phi) is 4.86. The average molecular weight is 377 g/mol. The molecule has 0 radical (unpaired) electrons. The second-order valence-corrected chi connectivity index (χ2v) is 5.24. The molecule has 0 heterocycles. The van der Waals surface area contributed by atoms with Crippen molar-refractivity contribution in [2.24, 2.45) is 0 Å². The zero-order valence-electron chi connectivity index (χ0n) is 9.98. The van der Waals surface area contributed by atoms with Gasteiger partial charge < -0.3 is 4.74 Å². The van der Waals surface area contributed by atoms with Gasteiger partial charge >= 0.3 is 0 Å². The molecule has 7 heteroatoms. The van der Waals surface area contributed by atoms with Crippen LogP contribution in [-0.2, 0) is 5.33 Å². The van der Waals surface area contributed by atoms with E-state index in [1.54, 1.807) is 18.2 Å². The summed E-state index contributed by atoms with van der Waals surface area (Å²) in [5.41, 5.74) is 0.830. The van der Waals surface area contributed by atoms with Crippen molar-refractivity contribution >= 4 is 44.8 Å². The van der Waals surface area contributed by atoms with Crippen LogP contribution in [0.1, 0.15) is 5.56 Å². The molecule has 0 aliphatic carbocycles. The van der Waals surface area contributed by atoms with Crippen LogP contribution in [0.3, 0.4) is 0 Å². The minimum Gasteiger partial charge on any atom is -0.455 e. The molecule has 2 aromatic rings. The molecule has 0 unspecified atom stereocenters. The van der Waals surface area contributed by atoms with Crippen LogP contribution in [0, 0.1) is 10.1 Å². The van der Waals surface area contributed by atoms with Crippen LogP contribution >= 0.6 is 39.1 Å². The summed E-state index contributed by atoms with van der Waals surface area (Å²) in [5, 5.41) is 12.2. The van der Waals surface area contributed by atoms with E-state index >= 15 is 0 Å². The summed E-state index contributed by atoms with van der Waals surface area (Å²) in [5.74, 6) is 0.672. The highest BCUT2D eigenvalue weighted by molar-refractivity contribution is 9.08. The SMILES string of the molecule is O=[N+]([O-])c1ccc(Cl)c(Oc2ccc(CBr)c(Cl)c2)c1. The van der Waals surface area contributed by atoms with Crippen molar-refractivity contribution in [3.8, 4) is 11.5 Å². The molecule has 0 aromatic heterocycles. The quantitative estimate of drug-likeness (QED) is 0.397. The Morgan fingerprint density at radius 1 is 1.15 bits per heavy atom. The first-order chi connectivity index (χ1) is 9.51. The van der Waals surface area contributed by atoms with Gasteiger partial charge in [0.1, 0.15) is 5.75 Å². The molecule has 0 N–H and O–H groups in total. The van der Waals surface area contributed by atoms with Gasteiger partial charge in [-0.25, -0.2) is 0 Å². The molecule has 0 amide bonds. The van der Waals surface area contributed by atoms with Crippen molar-refractivity contribution in [1.82, 2.24) is 0 Å². The maximum absolute atomic E-state index is 10.7. The van der Waals surface area contributed by atoms with E-state index in [0.717, 1.165) is 5.56 Å². The van der Waals surface area contributed by atoms with Crippen molar-refractivity contribution in [2.45, 2.75) is 5.33 Å². The number of nitro groups is 1. The molecule has 104 valence electrons. The number of nitro benzene ring substituents is 1. The first-order valence-electron chi connectivity index (χ1n) is 5.47. The highest BCUT2D eigenvalue weighted by Gasteiger charge is 2.12. The van der Waals surface area contributed by atoms with Crippen molar-refractivity contribution in [2.75, 3.05) is 0 Å². The maximum atomic E-state index is 10.7. The molecule has 0 aliphatic heterocycles. The van der Waals surface area contributed by atoms with Gasteiger partial charge in [-0.2, -0.15) is 0 Å². The summed E-state index contributed by atoms with van der Waals surface area (Å²) >= 11 is 15.3. The Labute approximate surface area is 133 Å². The number of benzene rings is 2. The van der Waals surface area contributed by atoms with E-state index in [1.807, 2.05) is 0 Å². The minimum atomic E-state index is -0.510. The predicted molar refractivity (Wildman–Crippen MR) is 82.3 cm³/mol. The highest BCUT2D eigenvalue weighted by Crippen LogP contribution is 2.34. The highest BCUT2D eigenvalue weighted by atomic mass is 79.9. The van der Waals surface area contributed by atoms with Crippen LogP contribution < -0.4 is 4.74 Å². The first kappa shape index (κ1) is 15.1. The number of alkyl halides is 1. The predicted octanol–water partition coefficient (Wildman–Crippen LogP) is 5.59. The van der Waals surface area contributed by atoms with Gasteiger partial charge in [-0.05, 0) is 23.8 Å². The lowest BCUT2D eigenvalue weighted by atomic mass is 10.2. The molecule has 2 aromatic carbocycles. The van der Waals surface area contributed by atoms with Crippen LogP contribution in [0.5, 0.6) is 11.5 Å². The lowest BCUT2D eigenvalue weighted by molar-refractivity contribution is -0.384. The minimum absolute atomic E-state index is 0.0902. The maximum Gasteiger partial charge on any atom is 0.273 e. The zero-order chi connectivity index (χ0) is 14.7. The Morgan fingerprint density at radius 2 is 1.90 bits per heavy atom. The molecular weight excluding hydrogens is 369 g/mol. The summed E-state index contributed by atoms with van der Waals surface area (Å²) in [7, 11) is 0. The van der Waals surface area contributed by atoms with E-state index in [4.69, 9.17) is 27.9 Å². The Balaban J connectivity index is 2.32. The van der Waals surface area contributed by atoms with Gasteiger partial charge in [0.05, 0.1) is 16.0 Å². The lowest BCUT2D eigenvalue weighted by Crippen LogP contribution is -1.91. The fourth-order valence-corrected chi connectivity index (χ4v) is 2.55. The molecule has 0 aliphatic rings. The molecule has 0 fully saturated rings. The second-order valence-electron chi connectivity index (χ2n) is 3.86. The number of hydrogen-bond donors (Lipinski definition) is 0. The van der Waals surface area contributed by atoms with Crippen molar-refractivity contribution in [3.05, 3.63) is 62.1 Å². The van der Waals surface area contributed by atoms with E-state index < -0.39 is 4.92 Å². The Hall–Kier alpha value is -1.30. The topological polar surface area (TPSA) is 52.4 Å². The van der Waals surface area contributed by atoms with E-state index in [-0.39, 0.29) is 16.5 Å². The Bertz CT molecular complexity index is 664. The first-order valence-corrected chi connectivity index (χ1v) is 7.35. The molecule has 2 rings (SSSR count). The van der Waals surface area contributed by atoms with Gasteiger partial charge in [-0.15, -0.1) is 0 Å². The molecule has 0 spiro atoms. The smallest absolute Gasteiger partial charge is 0.273 e. The molecule has 4 nitrogen and oxygen atoms in total. The normalized spacial score (nSPS) is 10.3. The number of hydrogen-bond acceptors (Lipinski definition) is 3. The number of non-ortho nitro benzene ring substituents is 1. The van der Waals surface area contributed by atoms with Gasteiger partial charge in [0.25, 0.3) is 5.69 Å². The van der Waals surface area contributed by atoms with Crippen LogP contribution in [0.4, 0.5) is 5.69 Å². The van der Waals surface area contributed by atoms with E-state index in [9.17, 15) is 10.1 Å². The number of nitrogens with zero attached hydrogens (tertiary/aromatic N) is 1. The molecule has 0 bridgehead atoms. The molecule has 0 atom stereocenters. The zero-order valence-corrected chi connectivity index (χ0v) is 13.1. The Morgan fingerprint density at radius 3 is 2.50 bits per heavy atom. The number of ether oxygens (including phenoxy) is 1. The second kappa shape index (κ2) is 6.43. The van der Waals surface area contributed by atoms with E-state index in [2.05, 4.69) is 15.9 Å². The van der Waals surface area contributed by atoms with Crippen LogP contribution in [0.15, 0.2) is 36.4 Å². The van der Waals surface area contributed by atoms with Crippen LogP contribution in [0.2, 0.25) is 10.0 Å². The average Bonchev–Trinajstić information content (AvgIpc) is 2.41. The summed E-state index contributed by atoms with van der Waals surface area (Å²) in [4.78, 5) is 10.2. The summed E-state index contributed by atoms with van der Waals surface area (Å²) < 4.78 is 5.54. The molecule has 0 saturated carbocycles. The number of rotatable bonds is 4. The molecule has 0 saturated heterocycles. The van der Waals surface area contributed by atoms with Gasteiger partial charge in [0.2, 0.25) is 0 Å². The fraction of sp³-hybridized carbons (Fsp3) is 0.0769. The van der Waals surface area contributed by atoms with Gasteiger partial charge in [0, 0.05) is 16.4 Å². The standard InChI is InChI=1S/C13H8BrCl2NO3/c14-7-8-1-3-10(6-12(8)16)20-13-5-9(17(18)19)2-4-11(13)15/h1-6H,7H2. The molecular formula is C13H8BrCl2NO3. The third-order valence-corrected chi connectivity index (χ3v) is 3.79. The van der Waals surface area contributed by atoms with E-state index in [0.29, 0.717) is 16.1 Å². The largest absolute Gasteiger partial charge is 0.455 e. The van der Waals surface area contributed by atoms with Gasteiger partial charge in [-0.1, -0.05) is 45.2 Å². The molecule has 20 heavy (non-hydrogen) atoms. The lowest BCUT2D eigenvalue weighted by Gasteiger charge is -2.09. The van der Waals surface area contributed by atoms with Crippen molar-refractivity contribution in [1.29, 1.82) is 0 Å². The van der Waals surface area contributed by atoms with Crippen molar-refractivity contribution < 1.29 is 9.66 Å². The fourth-order valence-electron chi connectivity index (χ4n) is 1.51. The summed E-state index contributed by atoms with van der Waals surface area (Å²) in [6.07, 6.45) is 0. The third kappa shape index (κ3) is 3.42. The monoisotopic (exact) mass is 375 g/mol. The van der Waals surface area contributed by atoms with Crippen LogP contribution in [-0.4, -0.2) is 4.92 Å². The summed E-state index contributed by atoms with van der Waals surface area (Å²) in [6, 6.07) is 9.16. The third-order valence-electron chi connectivity index (χ3n) is 2.52. The summed E-state index contributed by atoms with van der Waals surface area (Å²) in [6.45, 7) is 0. The number of halogens is 3. The van der Waals surface area contributed by atoms with Gasteiger partial charge in [0.15, 0.2) is 5.75 Å². The van der Waals surface area contributed by atoms with Gasteiger partial charge in [-0.3, -0.25) is 10.1 Å². The van der Waals surface area contributed by atoms with E-state index in [1.165, 1.54) is 18.2 Å². The van der Waals surface area contributed by atoms with Crippen molar-refractivity contribution in [3.63, 3.8) is 0 Å².